The summed E-state index contributed by atoms with van der Waals surface area (Å²) in [5, 5.41) is 41.6. The molecule has 0 saturated heterocycles. The van der Waals surface area contributed by atoms with Gasteiger partial charge in [0.05, 0.1) is 18.5 Å². The number of aromatic amines is 1. The smallest absolute Gasteiger partial charge is 0.159 e. The van der Waals surface area contributed by atoms with Crippen molar-refractivity contribution in [3.8, 4) is 11.5 Å². The lowest BCUT2D eigenvalue weighted by Gasteiger charge is -2.20. The Bertz CT molecular complexity index is 606. The van der Waals surface area contributed by atoms with Crippen LogP contribution < -0.4 is 0 Å². The number of aromatic nitrogens is 3. The number of aliphatic hydroxyl groups is 4. The zero-order valence-corrected chi connectivity index (χ0v) is 11.2. The molecule has 1 fully saturated rings. The highest BCUT2D eigenvalue weighted by Gasteiger charge is 2.29. The van der Waals surface area contributed by atoms with Crippen LogP contribution in [-0.2, 0) is 0 Å². The van der Waals surface area contributed by atoms with Crippen molar-refractivity contribution in [1.29, 1.82) is 0 Å². The quantitative estimate of drug-likeness (QED) is 0.493. The predicted octanol–water partition coefficient (Wildman–Crippen LogP) is -0.310. The minimum atomic E-state index is -1.51. The third-order valence-electron chi connectivity index (χ3n) is 3.57. The van der Waals surface area contributed by atoms with Crippen LogP contribution in [-0.4, -0.2) is 54.4 Å². The van der Waals surface area contributed by atoms with Crippen LogP contribution in [0, 0.1) is 0 Å². The summed E-state index contributed by atoms with van der Waals surface area (Å²) in [4.78, 5) is 6.90. The Kier molecular flexibility index (Phi) is 3.77. The van der Waals surface area contributed by atoms with Gasteiger partial charge in [0, 0.05) is 12.0 Å². The molecule has 0 aliphatic heterocycles. The van der Waals surface area contributed by atoms with Crippen LogP contribution in [0.25, 0.3) is 11.5 Å². The molecule has 2 aromatic rings. The van der Waals surface area contributed by atoms with Crippen molar-refractivity contribution in [1.82, 2.24) is 15.1 Å². The zero-order valence-electron chi connectivity index (χ0n) is 11.2. The minimum Gasteiger partial charge on any atom is -0.394 e. The molecule has 5 N–H and O–H groups in total. The van der Waals surface area contributed by atoms with Gasteiger partial charge in [-0.25, -0.2) is 4.98 Å². The first kappa shape index (κ1) is 14.2. The molecule has 8 heteroatoms. The van der Waals surface area contributed by atoms with Gasteiger partial charge in [0.25, 0.3) is 0 Å². The van der Waals surface area contributed by atoms with Gasteiger partial charge >= 0.3 is 0 Å². The number of hydrogen-bond donors (Lipinski definition) is 5. The van der Waals surface area contributed by atoms with E-state index in [4.69, 9.17) is 9.63 Å². The maximum absolute atomic E-state index is 9.92. The second-order valence-electron chi connectivity index (χ2n) is 5.26. The fourth-order valence-electron chi connectivity index (χ4n) is 2.08. The third kappa shape index (κ3) is 2.84. The second-order valence-corrected chi connectivity index (χ2v) is 5.26. The van der Waals surface area contributed by atoms with Crippen molar-refractivity contribution in [3.63, 3.8) is 0 Å². The Balaban J connectivity index is 1.75. The van der Waals surface area contributed by atoms with Gasteiger partial charge in [0.1, 0.15) is 29.8 Å². The molecule has 3 rings (SSSR count). The van der Waals surface area contributed by atoms with Gasteiger partial charge < -0.3 is 29.9 Å². The summed E-state index contributed by atoms with van der Waals surface area (Å²) >= 11 is 0. The van der Waals surface area contributed by atoms with Crippen molar-refractivity contribution < 1.29 is 24.9 Å². The SMILES string of the molecule is OC[C@@H](O)[C@@H](O)[C@H](O)c1cnc(-c2cc(C3CC3)on2)[nH]1. The van der Waals surface area contributed by atoms with Crippen LogP contribution in [0.4, 0.5) is 0 Å². The summed E-state index contributed by atoms with van der Waals surface area (Å²) < 4.78 is 5.22. The van der Waals surface area contributed by atoms with Crippen LogP contribution in [0.3, 0.4) is 0 Å². The average molecular weight is 295 g/mol. The van der Waals surface area contributed by atoms with Gasteiger partial charge in [-0.2, -0.15) is 0 Å². The van der Waals surface area contributed by atoms with Crippen LogP contribution in [0.15, 0.2) is 16.8 Å². The Labute approximate surface area is 120 Å². The summed E-state index contributed by atoms with van der Waals surface area (Å²) in [6.45, 7) is -0.646. The molecule has 1 aliphatic carbocycles. The number of imidazole rings is 1. The standard InChI is InChI=1S/C13H17N3O5/c17-5-9(18)12(20)11(19)8-4-14-13(15-8)7-3-10(21-16-7)6-1-2-6/h3-4,6,9,11-12,17-20H,1-2,5H2,(H,14,15)/t9-,11-,12-/m1/s1. The van der Waals surface area contributed by atoms with Gasteiger partial charge in [-0.15, -0.1) is 0 Å². The summed E-state index contributed by atoms with van der Waals surface area (Å²) in [6.07, 6.45) is -0.783. The predicted molar refractivity (Wildman–Crippen MR) is 70.1 cm³/mol. The van der Waals surface area contributed by atoms with Crippen LogP contribution >= 0.6 is 0 Å². The molecule has 0 amide bonds. The Morgan fingerprint density at radius 1 is 1.33 bits per heavy atom. The van der Waals surface area contributed by atoms with Crippen molar-refractivity contribution in [2.24, 2.45) is 0 Å². The molecule has 3 atom stereocenters. The molecular formula is C13H17N3O5. The number of hydrogen-bond acceptors (Lipinski definition) is 7. The van der Waals surface area contributed by atoms with Gasteiger partial charge in [-0.1, -0.05) is 5.16 Å². The van der Waals surface area contributed by atoms with Gasteiger partial charge in [0.2, 0.25) is 0 Å². The topological polar surface area (TPSA) is 136 Å². The highest BCUT2D eigenvalue weighted by Crippen LogP contribution is 2.41. The van der Waals surface area contributed by atoms with Gasteiger partial charge in [0.15, 0.2) is 5.82 Å². The molecule has 1 saturated carbocycles. The number of nitrogens with zero attached hydrogens (tertiary/aromatic N) is 2. The summed E-state index contributed by atoms with van der Waals surface area (Å²) in [7, 11) is 0. The van der Waals surface area contributed by atoms with E-state index in [2.05, 4.69) is 15.1 Å². The molecule has 114 valence electrons. The van der Waals surface area contributed by atoms with Crippen molar-refractivity contribution in [2.45, 2.75) is 37.1 Å². The van der Waals surface area contributed by atoms with E-state index in [-0.39, 0.29) is 5.69 Å². The Hall–Kier alpha value is -1.74. The first-order valence-corrected chi connectivity index (χ1v) is 6.77. The van der Waals surface area contributed by atoms with E-state index < -0.39 is 24.9 Å². The molecule has 2 heterocycles. The Morgan fingerprint density at radius 3 is 2.76 bits per heavy atom. The van der Waals surface area contributed by atoms with E-state index >= 15 is 0 Å². The molecule has 0 aromatic carbocycles. The highest BCUT2D eigenvalue weighted by molar-refractivity contribution is 5.49. The molecule has 2 aromatic heterocycles. The number of aliphatic hydroxyl groups excluding tert-OH is 4. The van der Waals surface area contributed by atoms with E-state index in [1.807, 2.05) is 0 Å². The number of rotatable bonds is 6. The van der Waals surface area contributed by atoms with E-state index in [9.17, 15) is 15.3 Å². The minimum absolute atomic E-state index is 0.223. The maximum Gasteiger partial charge on any atom is 0.159 e. The van der Waals surface area contributed by atoms with E-state index in [0.29, 0.717) is 17.4 Å². The second kappa shape index (κ2) is 5.57. The van der Waals surface area contributed by atoms with Crippen LogP contribution in [0.5, 0.6) is 0 Å². The van der Waals surface area contributed by atoms with Crippen molar-refractivity contribution >= 4 is 0 Å². The van der Waals surface area contributed by atoms with Crippen LogP contribution in [0.2, 0.25) is 0 Å². The van der Waals surface area contributed by atoms with Crippen molar-refractivity contribution in [2.75, 3.05) is 6.61 Å². The maximum atomic E-state index is 9.92. The number of H-pyrrole nitrogens is 1. The van der Waals surface area contributed by atoms with E-state index in [1.54, 1.807) is 6.07 Å². The fourth-order valence-corrected chi connectivity index (χ4v) is 2.08. The molecule has 0 spiro atoms. The molecule has 8 nitrogen and oxygen atoms in total. The average Bonchev–Trinajstić information content (AvgIpc) is 3.05. The lowest BCUT2D eigenvalue weighted by Crippen LogP contribution is -2.34. The highest BCUT2D eigenvalue weighted by atomic mass is 16.5. The van der Waals surface area contributed by atoms with Gasteiger partial charge in [-0.3, -0.25) is 0 Å². The Morgan fingerprint density at radius 2 is 2.10 bits per heavy atom. The summed E-state index contributed by atoms with van der Waals surface area (Å²) in [6, 6.07) is 1.80. The lowest BCUT2D eigenvalue weighted by atomic mass is 10.1. The summed E-state index contributed by atoms with van der Waals surface area (Å²) in [5.41, 5.74) is 0.744. The number of nitrogens with one attached hydrogen (secondary N) is 1. The third-order valence-corrected chi connectivity index (χ3v) is 3.57. The molecule has 0 bridgehead atoms. The normalized spacial score (nSPS) is 19.4. The summed E-state index contributed by atoms with van der Waals surface area (Å²) in [5.74, 6) is 1.66. The lowest BCUT2D eigenvalue weighted by molar-refractivity contribution is -0.0788. The molecule has 21 heavy (non-hydrogen) atoms. The van der Waals surface area contributed by atoms with Crippen molar-refractivity contribution in [3.05, 3.63) is 23.7 Å². The van der Waals surface area contributed by atoms with Gasteiger partial charge in [-0.05, 0) is 12.8 Å². The zero-order chi connectivity index (χ0) is 15.0. The first-order chi connectivity index (χ1) is 10.1. The largest absolute Gasteiger partial charge is 0.394 e. The molecule has 0 radical (unpaired) electrons. The molecular weight excluding hydrogens is 278 g/mol. The van der Waals surface area contributed by atoms with E-state index in [1.165, 1.54) is 6.20 Å². The monoisotopic (exact) mass is 295 g/mol. The fraction of sp³-hybridized carbons (Fsp3) is 0.538. The molecule has 1 aliphatic rings. The van der Waals surface area contributed by atoms with E-state index in [0.717, 1.165) is 18.6 Å². The van der Waals surface area contributed by atoms with Crippen LogP contribution in [0.1, 0.15) is 36.3 Å². The molecule has 0 unspecified atom stereocenters. The first-order valence-electron chi connectivity index (χ1n) is 6.77.